The van der Waals surface area contributed by atoms with Gasteiger partial charge in [-0.2, -0.15) is 0 Å². The maximum Gasteiger partial charge on any atom is 0.274 e. The van der Waals surface area contributed by atoms with Gasteiger partial charge >= 0.3 is 0 Å². The molecule has 0 bridgehead atoms. The number of anilines is 2. The van der Waals surface area contributed by atoms with Gasteiger partial charge in [-0.15, -0.1) is 0 Å². The molecular formula is C20H22N4O2. The fourth-order valence-electron chi connectivity index (χ4n) is 2.75. The molecule has 0 saturated carbocycles. The molecule has 0 saturated heterocycles. The van der Waals surface area contributed by atoms with E-state index in [1.54, 1.807) is 12.3 Å². The molecule has 3 rings (SSSR count). The molecule has 0 radical (unpaired) electrons. The van der Waals surface area contributed by atoms with Gasteiger partial charge in [0, 0.05) is 11.8 Å². The van der Waals surface area contributed by atoms with Crippen LogP contribution in [0, 0.1) is 0 Å². The van der Waals surface area contributed by atoms with Crippen molar-refractivity contribution in [3.63, 3.8) is 0 Å². The summed E-state index contributed by atoms with van der Waals surface area (Å²) >= 11 is 0. The van der Waals surface area contributed by atoms with Gasteiger partial charge in [-0.1, -0.05) is 32.0 Å². The highest BCUT2D eigenvalue weighted by Crippen LogP contribution is 2.23. The quantitative estimate of drug-likeness (QED) is 0.672. The molecule has 26 heavy (non-hydrogen) atoms. The lowest BCUT2D eigenvalue weighted by atomic mass is 10.0. The van der Waals surface area contributed by atoms with Gasteiger partial charge in [0.2, 0.25) is 0 Å². The average molecular weight is 350 g/mol. The number of amides is 1. The second-order valence-electron chi connectivity index (χ2n) is 5.83. The zero-order valence-corrected chi connectivity index (χ0v) is 15.0. The third-order valence-corrected chi connectivity index (χ3v) is 4.16. The minimum atomic E-state index is -0.246. The van der Waals surface area contributed by atoms with Gasteiger partial charge in [0.1, 0.15) is 23.6 Å². The number of para-hydroxylation sites is 1. The summed E-state index contributed by atoms with van der Waals surface area (Å²) in [6.07, 6.45) is 4.70. The van der Waals surface area contributed by atoms with Gasteiger partial charge in [0.15, 0.2) is 0 Å². The maximum atomic E-state index is 12.7. The van der Waals surface area contributed by atoms with Crippen LogP contribution in [0.5, 0.6) is 0 Å². The molecular weight excluding hydrogens is 328 g/mol. The van der Waals surface area contributed by atoms with E-state index in [1.807, 2.05) is 30.3 Å². The first-order valence-corrected chi connectivity index (χ1v) is 8.71. The zero-order valence-electron chi connectivity index (χ0n) is 15.0. The number of hydrogen-bond donors (Lipinski definition) is 2. The Kier molecular flexibility index (Phi) is 5.63. The molecule has 0 aliphatic heterocycles. The van der Waals surface area contributed by atoms with Crippen LogP contribution >= 0.6 is 0 Å². The fourth-order valence-corrected chi connectivity index (χ4v) is 2.75. The Morgan fingerprint density at radius 3 is 2.50 bits per heavy atom. The molecule has 0 unspecified atom stereocenters. The second-order valence-corrected chi connectivity index (χ2v) is 5.83. The highest BCUT2D eigenvalue weighted by atomic mass is 16.3. The molecule has 1 amide bonds. The van der Waals surface area contributed by atoms with Crippen molar-refractivity contribution in [1.82, 2.24) is 9.97 Å². The molecule has 0 atom stereocenters. The summed E-state index contributed by atoms with van der Waals surface area (Å²) in [4.78, 5) is 20.9. The van der Waals surface area contributed by atoms with Crippen molar-refractivity contribution in [2.75, 3.05) is 10.6 Å². The van der Waals surface area contributed by atoms with E-state index < -0.39 is 0 Å². The first-order chi connectivity index (χ1) is 12.7. The first-order valence-electron chi connectivity index (χ1n) is 8.71. The Hall–Kier alpha value is -3.15. The van der Waals surface area contributed by atoms with Gasteiger partial charge in [-0.25, -0.2) is 9.97 Å². The average Bonchev–Trinajstić information content (AvgIpc) is 3.20. The predicted molar refractivity (Wildman–Crippen MR) is 101 cm³/mol. The minimum Gasteiger partial charge on any atom is -0.467 e. The number of benzene rings is 1. The molecule has 2 N–H and O–H groups in total. The molecule has 1 aromatic carbocycles. The number of carbonyl (C=O) groups is 1. The molecule has 2 aromatic heterocycles. The maximum absolute atomic E-state index is 12.7. The van der Waals surface area contributed by atoms with E-state index in [4.69, 9.17) is 4.42 Å². The Morgan fingerprint density at radius 2 is 1.85 bits per heavy atom. The lowest BCUT2D eigenvalue weighted by Crippen LogP contribution is -2.17. The number of nitrogens with one attached hydrogen (secondary N) is 2. The Labute approximate surface area is 152 Å². The number of nitrogens with zero attached hydrogens (tertiary/aromatic N) is 2. The largest absolute Gasteiger partial charge is 0.467 e. The molecule has 6 nitrogen and oxygen atoms in total. The summed E-state index contributed by atoms with van der Waals surface area (Å²) in [5, 5.41) is 6.15. The van der Waals surface area contributed by atoms with Crippen molar-refractivity contribution in [1.29, 1.82) is 0 Å². The van der Waals surface area contributed by atoms with Crippen molar-refractivity contribution in [2.45, 2.75) is 33.2 Å². The Bertz CT molecular complexity index is 853. The lowest BCUT2D eigenvalue weighted by molar-refractivity contribution is 0.102. The van der Waals surface area contributed by atoms with Gasteiger partial charge in [0.25, 0.3) is 5.91 Å². The minimum absolute atomic E-state index is 0.246. The van der Waals surface area contributed by atoms with Crippen LogP contribution in [0.1, 0.15) is 41.2 Å². The van der Waals surface area contributed by atoms with Crippen LogP contribution in [0.15, 0.2) is 53.4 Å². The van der Waals surface area contributed by atoms with Gasteiger partial charge in [-0.05, 0) is 36.1 Å². The van der Waals surface area contributed by atoms with Crippen molar-refractivity contribution in [2.24, 2.45) is 0 Å². The third kappa shape index (κ3) is 4.08. The molecule has 0 fully saturated rings. The molecule has 0 aliphatic rings. The van der Waals surface area contributed by atoms with Crippen molar-refractivity contribution < 1.29 is 9.21 Å². The van der Waals surface area contributed by atoms with E-state index in [1.165, 1.54) is 6.33 Å². The van der Waals surface area contributed by atoms with E-state index in [9.17, 15) is 4.79 Å². The van der Waals surface area contributed by atoms with Gasteiger partial charge < -0.3 is 15.1 Å². The van der Waals surface area contributed by atoms with Crippen LogP contribution in [0.3, 0.4) is 0 Å². The summed E-state index contributed by atoms with van der Waals surface area (Å²) in [6, 6.07) is 11.4. The molecule has 0 spiro atoms. The molecule has 6 heteroatoms. The highest BCUT2D eigenvalue weighted by Gasteiger charge is 2.13. The summed E-state index contributed by atoms with van der Waals surface area (Å²) < 4.78 is 5.28. The van der Waals surface area contributed by atoms with Crippen molar-refractivity contribution in [3.05, 3.63) is 71.6 Å². The summed E-state index contributed by atoms with van der Waals surface area (Å²) in [6.45, 7) is 4.64. The third-order valence-electron chi connectivity index (χ3n) is 4.16. The topological polar surface area (TPSA) is 80.0 Å². The van der Waals surface area contributed by atoms with E-state index in [-0.39, 0.29) is 5.91 Å². The summed E-state index contributed by atoms with van der Waals surface area (Å²) in [5.41, 5.74) is 3.42. The standard InChI is InChI=1S/C20H22N4O2/c1-3-14-7-5-8-15(4-2)19(14)24-20(25)17-11-18(23-13-22-17)21-12-16-9-6-10-26-16/h5-11,13H,3-4,12H2,1-2H3,(H,24,25)(H,21,22,23). The van der Waals surface area contributed by atoms with Crippen molar-refractivity contribution in [3.8, 4) is 0 Å². The summed E-state index contributed by atoms with van der Waals surface area (Å²) in [7, 11) is 0. The smallest absolute Gasteiger partial charge is 0.274 e. The van der Waals surface area contributed by atoms with E-state index in [0.29, 0.717) is 18.1 Å². The zero-order chi connectivity index (χ0) is 18.4. The molecule has 134 valence electrons. The normalized spacial score (nSPS) is 10.5. The second kappa shape index (κ2) is 8.29. The van der Waals surface area contributed by atoms with Gasteiger partial charge in [-0.3, -0.25) is 4.79 Å². The summed E-state index contributed by atoms with van der Waals surface area (Å²) in [5.74, 6) is 1.11. The highest BCUT2D eigenvalue weighted by molar-refractivity contribution is 6.04. The van der Waals surface area contributed by atoms with Crippen molar-refractivity contribution >= 4 is 17.4 Å². The number of rotatable bonds is 7. The van der Waals surface area contributed by atoms with Crippen LogP contribution < -0.4 is 10.6 Å². The van der Waals surface area contributed by atoms with Crippen LogP contribution in [0.4, 0.5) is 11.5 Å². The molecule has 0 aliphatic carbocycles. The predicted octanol–water partition coefficient (Wildman–Crippen LogP) is 4.06. The number of carbonyl (C=O) groups excluding carboxylic acids is 1. The monoisotopic (exact) mass is 350 g/mol. The van der Waals surface area contributed by atoms with Crippen LogP contribution in [0.2, 0.25) is 0 Å². The number of aromatic nitrogens is 2. The van der Waals surface area contributed by atoms with E-state index in [2.05, 4.69) is 34.4 Å². The molecule has 3 aromatic rings. The molecule has 2 heterocycles. The van der Waals surface area contributed by atoms with Crippen LogP contribution in [-0.4, -0.2) is 15.9 Å². The first kappa shape index (κ1) is 17.7. The lowest BCUT2D eigenvalue weighted by Gasteiger charge is -2.14. The van der Waals surface area contributed by atoms with E-state index in [0.717, 1.165) is 35.4 Å². The van der Waals surface area contributed by atoms with E-state index >= 15 is 0 Å². The number of hydrogen-bond acceptors (Lipinski definition) is 5. The Balaban J connectivity index is 1.75. The van der Waals surface area contributed by atoms with Crippen LogP contribution in [0.25, 0.3) is 0 Å². The SMILES string of the molecule is CCc1cccc(CC)c1NC(=O)c1cc(NCc2ccco2)ncn1. The number of aryl methyl sites for hydroxylation is 2. The fraction of sp³-hybridized carbons (Fsp3) is 0.250. The Morgan fingerprint density at radius 1 is 1.08 bits per heavy atom. The number of furan rings is 1. The van der Waals surface area contributed by atoms with Gasteiger partial charge in [0.05, 0.1) is 12.8 Å². The van der Waals surface area contributed by atoms with Crippen LogP contribution in [-0.2, 0) is 19.4 Å².